The predicted octanol–water partition coefficient (Wildman–Crippen LogP) is 1.05. The highest BCUT2D eigenvalue weighted by atomic mass is 16.2. The standard InChI is InChI=1S/C11H18N2O2.H2/c1-7(2)5-6-12-8-9(13(3)4)11(15)10(8)14;/h7,12H,5-6H2,1-4H3;1H. The topological polar surface area (TPSA) is 49.4 Å². The fourth-order valence-electron chi connectivity index (χ4n) is 1.46. The van der Waals surface area contributed by atoms with Crippen molar-refractivity contribution in [2.24, 2.45) is 5.92 Å². The third-order valence-electron chi connectivity index (χ3n) is 2.36. The molecule has 1 N–H and O–H groups in total. The first kappa shape index (κ1) is 11.8. The third-order valence-corrected chi connectivity index (χ3v) is 2.36. The van der Waals surface area contributed by atoms with Crippen LogP contribution in [0.1, 0.15) is 21.7 Å². The molecule has 0 saturated heterocycles. The van der Waals surface area contributed by atoms with E-state index < -0.39 is 0 Å². The lowest BCUT2D eigenvalue weighted by Gasteiger charge is -2.19. The van der Waals surface area contributed by atoms with Crippen molar-refractivity contribution in [2.45, 2.75) is 20.3 Å². The van der Waals surface area contributed by atoms with E-state index in [2.05, 4.69) is 19.2 Å². The molecule has 1 aromatic carbocycles. The molecule has 0 amide bonds. The van der Waals surface area contributed by atoms with Crippen LogP contribution in [0.4, 0.5) is 11.4 Å². The summed E-state index contributed by atoms with van der Waals surface area (Å²) >= 11 is 0. The number of hydrogen-bond acceptors (Lipinski definition) is 4. The summed E-state index contributed by atoms with van der Waals surface area (Å²) in [5.41, 5.74) is 0.212. The largest absolute Gasteiger partial charge is 0.380 e. The molecule has 1 rings (SSSR count). The molecule has 86 valence electrons. The van der Waals surface area contributed by atoms with Gasteiger partial charge in [-0.1, -0.05) is 13.8 Å². The number of nitrogens with zero attached hydrogens (tertiary/aromatic N) is 1. The molecule has 0 heterocycles. The summed E-state index contributed by atoms with van der Waals surface area (Å²) in [4.78, 5) is 24.2. The molecule has 0 unspecified atom stereocenters. The Labute approximate surface area is 91.1 Å². The Hall–Kier alpha value is -1.32. The zero-order valence-corrected chi connectivity index (χ0v) is 9.76. The molecular weight excluding hydrogens is 192 g/mol. The zero-order valence-electron chi connectivity index (χ0n) is 9.76. The van der Waals surface area contributed by atoms with Crippen LogP contribution in [0.3, 0.4) is 0 Å². The van der Waals surface area contributed by atoms with E-state index in [1.165, 1.54) is 0 Å². The van der Waals surface area contributed by atoms with Crippen molar-refractivity contribution >= 4 is 11.4 Å². The molecule has 0 aliphatic heterocycles. The molecule has 4 heteroatoms. The maximum atomic E-state index is 11.3. The molecule has 0 aliphatic rings. The Kier molecular flexibility index (Phi) is 3.50. The van der Waals surface area contributed by atoms with Crippen LogP contribution in [0.2, 0.25) is 0 Å². The SMILES string of the molecule is CC(C)CCNc1c(N(C)C)c(=O)c1=O.[HH]. The highest BCUT2D eigenvalue weighted by Crippen LogP contribution is 2.17. The normalized spacial score (nSPS) is 11.0. The van der Waals surface area contributed by atoms with Gasteiger partial charge >= 0.3 is 0 Å². The Morgan fingerprint density at radius 2 is 1.87 bits per heavy atom. The van der Waals surface area contributed by atoms with Crippen molar-refractivity contribution in [1.82, 2.24) is 0 Å². The quantitative estimate of drug-likeness (QED) is 0.741. The van der Waals surface area contributed by atoms with E-state index in [4.69, 9.17) is 0 Å². The molecule has 0 radical (unpaired) electrons. The van der Waals surface area contributed by atoms with E-state index in [-0.39, 0.29) is 12.3 Å². The van der Waals surface area contributed by atoms with Crippen LogP contribution in [-0.2, 0) is 0 Å². The molecule has 0 saturated carbocycles. The smallest absolute Gasteiger partial charge is 0.253 e. The van der Waals surface area contributed by atoms with Crippen LogP contribution in [0.25, 0.3) is 0 Å². The van der Waals surface area contributed by atoms with Gasteiger partial charge < -0.3 is 10.2 Å². The molecule has 0 aromatic heterocycles. The highest BCUT2D eigenvalue weighted by molar-refractivity contribution is 5.74. The molecule has 1 aromatic rings. The summed E-state index contributed by atoms with van der Waals surface area (Å²) in [6.45, 7) is 4.98. The monoisotopic (exact) mass is 212 g/mol. The lowest BCUT2D eigenvalue weighted by Crippen LogP contribution is -2.40. The first-order chi connectivity index (χ1) is 6.95. The number of hydrogen-bond donors (Lipinski definition) is 1. The molecule has 0 spiro atoms. The first-order valence-electron chi connectivity index (χ1n) is 5.19. The minimum Gasteiger partial charge on any atom is -0.380 e. The van der Waals surface area contributed by atoms with Crippen molar-refractivity contribution in [3.8, 4) is 0 Å². The van der Waals surface area contributed by atoms with Gasteiger partial charge in [-0.15, -0.1) is 0 Å². The van der Waals surface area contributed by atoms with Gasteiger partial charge in [0.25, 0.3) is 10.9 Å². The van der Waals surface area contributed by atoms with E-state index >= 15 is 0 Å². The maximum absolute atomic E-state index is 11.3. The van der Waals surface area contributed by atoms with Gasteiger partial charge in [-0.2, -0.15) is 0 Å². The summed E-state index contributed by atoms with van der Waals surface area (Å²) in [5.74, 6) is 0.590. The Balaban J connectivity index is 0.00000225. The van der Waals surface area contributed by atoms with Gasteiger partial charge in [-0.25, -0.2) is 0 Å². The maximum Gasteiger partial charge on any atom is 0.253 e. The summed E-state index contributed by atoms with van der Waals surface area (Å²) in [7, 11) is 3.54. The Morgan fingerprint density at radius 3 is 2.33 bits per heavy atom. The van der Waals surface area contributed by atoms with Gasteiger partial charge in [0, 0.05) is 22.1 Å². The number of anilines is 2. The van der Waals surface area contributed by atoms with Crippen LogP contribution in [-0.4, -0.2) is 20.6 Å². The fraction of sp³-hybridized carbons (Fsp3) is 0.636. The van der Waals surface area contributed by atoms with E-state index in [0.717, 1.165) is 13.0 Å². The van der Waals surface area contributed by atoms with E-state index in [1.807, 2.05) is 0 Å². The number of nitrogens with one attached hydrogen (secondary N) is 1. The lowest BCUT2D eigenvalue weighted by atomic mass is 10.1. The lowest BCUT2D eigenvalue weighted by molar-refractivity contribution is 0.607. The Bertz CT molecular complexity index is 406. The summed E-state index contributed by atoms with van der Waals surface area (Å²) < 4.78 is 0. The van der Waals surface area contributed by atoms with Gasteiger partial charge in [0.05, 0.1) is 0 Å². The zero-order chi connectivity index (χ0) is 11.6. The minimum atomic E-state index is -0.387. The van der Waals surface area contributed by atoms with Crippen molar-refractivity contribution < 1.29 is 1.43 Å². The van der Waals surface area contributed by atoms with Crippen LogP contribution < -0.4 is 21.1 Å². The van der Waals surface area contributed by atoms with Gasteiger partial charge in [0.15, 0.2) is 0 Å². The van der Waals surface area contributed by atoms with Crippen molar-refractivity contribution in [1.29, 1.82) is 0 Å². The average molecular weight is 212 g/mol. The predicted molar refractivity (Wildman–Crippen MR) is 65.7 cm³/mol. The van der Waals surface area contributed by atoms with Gasteiger partial charge in [-0.05, 0) is 12.3 Å². The second-order valence-corrected chi connectivity index (χ2v) is 4.39. The summed E-state index contributed by atoms with van der Waals surface area (Å²) in [6.07, 6.45) is 0.992. The Morgan fingerprint density at radius 1 is 1.27 bits per heavy atom. The summed E-state index contributed by atoms with van der Waals surface area (Å²) in [5, 5.41) is 3.03. The van der Waals surface area contributed by atoms with Gasteiger partial charge in [-0.3, -0.25) is 9.59 Å². The molecule has 4 nitrogen and oxygen atoms in total. The van der Waals surface area contributed by atoms with E-state index in [1.54, 1.807) is 19.0 Å². The second-order valence-electron chi connectivity index (χ2n) is 4.39. The van der Waals surface area contributed by atoms with Gasteiger partial charge in [0.1, 0.15) is 11.4 Å². The average Bonchev–Trinajstić information content (AvgIpc) is 2.14. The summed E-state index contributed by atoms with van der Waals surface area (Å²) in [6, 6.07) is 0. The minimum absolute atomic E-state index is 0. The van der Waals surface area contributed by atoms with Gasteiger partial charge in [0.2, 0.25) is 0 Å². The molecule has 0 aliphatic carbocycles. The van der Waals surface area contributed by atoms with Crippen molar-refractivity contribution in [3.63, 3.8) is 0 Å². The van der Waals surface area contributed by atoms with Crippen LogP contribution in [0, 0.1) is 5.92 Å². The van der Waals surface area contributed by atoms with Crippen LogP contribution in [0.5, 0.6) is 0 Å². The van der Waals surface area contributed by atoms with E-state index in [0.29, 0.717) is 17.3 Å². The molecule has 15 heavy (non-hydrogen) atoms. The fourth-order valence-corrected chi connectivity index (χ4v) is 1.46. The third kappa shape index (κ3) is 2.37. The number of rotatable bonds is 5. The highest BCUT2D eigenvalue weighted by Gasteiger charge is 2.21. The first-order valence-corrected chi connectivity index (χ1v) is 5.19. The van der Waals surface area contributed by atoms with E-state index in [9.17, 15) is 9.59 Å². The molecule has 0 atom stereocenters. The van der Waals surface area contributed by atoms with Crippen molar-refractivity contribution in [3.05, 3.63) is 20.4 Å². The van der Waals surface area contributed by atoms with Crippen LogP contribution in [0.15, 0.2) is 9.59 Å². The second kappa shape index (κ2) is 4.47. The molecular formula is C11H20N2O2. The van der Waals surface area contributed by atoms with Crippen molar-refractivity contribution in [2.75, 3.05) is 30.9 Å². The van der Waals surface area contributed by atoms with Crippen LogP contribution >= 0.6 is 0 Å². The molecule has 0 bridgehead atoms. The molecule has 0 fully saturated rings.